The fraction of sp³-hybridized carbons (Fsp3) is 0.630. The van der Waals surface area contributed by atoms with Gasteiger partial charge in [0, 0.05) is 30.1 Å². The Morgan fingerprint density at radius 1 is 1.25 bits per heavy atom. The number of amides is 2. The Balaban J connectivity index is 1.77. The van der Waals surface area contributed by atoms with Crippen LogP contribution in [-0.2, 0) is 9.59 Å². The topological polar surface area (TPSA) is 49.4 Å². The van der Waals surface area contributed by atoms with E-state index in [1.54, 1.807) is 0 Å². The molecule has 1 N–H and O–H groups in total. The molecule has 0 unspecified atom stereocenters. The van der Waals surface area contributed by atoms with Crippen molar-refractivity contribution >= 4 is 23.4 Å². The van der Waals surface area contributed by atoms with Gasteiger partial charge in [0.15, 0.2) is 0 Å². The van der Waals surface area contributed by atoms with Gasteiger partial charge in [-0.25, -0.2) is 0 Å². The lowest BCUT2D eigenvalue weighted by Gasteiger charge is -2.48. The third-order valence-electron chi connectivity index (χ3n) is 8.01. The first-order chi connectivity index (χ1) is 15.1. The number of benzene rings is 1. The van der Waals surface area contributed by atoms with Gasteiger partial charge in [0.1, 0.15) is 0 Å². The van der Waals surface area contributed by atoms with Crippen LogP contribution in [0.4, 0.5) is 0 Å². The summed E-state index contributed by atoms with van der Waals surface area (Å²) >= 11 is 6.60. The van der Waals surface area contributed by atoms with Crippen LogP contribution in [0.5, 0.6) is 0 Å². The quantitative estimate of drug-likeness (QED) is 0.534. The summed E-state index contributed by atoms with van der Waals surface area (Å²) in [5.74, 6) is 0.269. The molecule has 5 heteroatoms. The van der Waals surface area contributed by atoms with Gasteiger partial charge in [-0.05, 0) is 79.9 Å². The Kier molecular flexibility index (Phi) is 7.75. The third kappa shape index (κ3) is 5.39. The largest absolute Gasteiger partial charge is 0.352 e. The van der Waals surface area contributed by atoms with Gasteiger partial charge in [0.2, 0.25) is 11.8 Å². The SMILES string of the molecule is C=CC(=O)NC[C@@]1(CC)CCN(C(=O)[C@H]2CCC(C)(C)C[C@@H]2c2ccccc2Cl)[C@@H](C)C1. The van der Waals surface area contributed by atoms with Crippen molar-refractivity contribution in [3.63, 3.8) is 0 Å². The summed E-state index contributed by atoms with van der Waals surface area (Å²) in [5.41, 5.74) is 1.35. The van der Waals surface area contributed by atoms with Crippen molar-refractivity contribution < 1.29 is 9.59 Å². The molecule has 2 aliphatic rings. The van der Waals surface area contributed by atoms with E-state index in [4.69, 9.17) is 11.6 Å². The van der Waals surface area contributed by atoms with Crippen molar-refractivity contribution in [3.05, 3.63) is 47.5 Å². The summed E-state index contributed by atoms with van der Waals surface area (Å²) in [5, 5.41) is 3.76. The van der Waals surface area contributed by atoms with Crippen molar-refractivity contribution in [1.82, 2.24) is 10.2 Å². The lowest BCUT2D eigenvalue weighted by Crippen LogP contribution is -2.54. The fourth-order valence-electron chi connectivity index (χ4n) is 5.90. The maximum Gasteiger partial charge on any atom is 0.243 e. The van der Waals surface area contributed by atoms with Gasteiger partial charge in [-0.2, -0.15) is 0 Å². The lowest BCUT2D eigenvalue weighted by atomic mass is 9.64. The monoisotopic (exact) mass is 458 g/mol. The Hall–Kier alpha value is -1.81. The van der Waals surface area contributed by atoms with Crippen molar-refractivity contribution in [2.75, 3.05) is 13.1 Å². The van der Waals surface area contributed by atoms with Crippen molar-refractivity contribution in [2.24, 2.45) is 16.7 Å². The molecule has 1 saturated heterocycles. The number of likely N-dealkylation sites (tertiary alicyclic amines) is 1. The van der Waals surface area contributed by atoms with Gasteiger partial charge in [-0.3, -0.25) is 9.59 Å². The summed E-state index contributed by atoms with van der Waals surface area (Å²) in [4.78, 5) is 27.7. The van der Waals surface area contributed by atoms with Crippen molar-refractivity contribution in [1.29, 1.82) is 0 Å². The Bertz CT molecular complexity index is 852. The Morgan fingerprint density at radius 3 is 2.59 bits per heavy atom. The molecule has 3 rings (SSSR count). The number of carbonyl (C=O) groups is 2. The fourth-order valence-corrected chi connectivity index (χ4v) is 6.17. The van der Waals surface area contributed by atoms with Crippen LogP contribution in [0, 0.1) is 16.7 Å². The summed E-state index contributed by atoms with van der Waals surface area (Å²) in [7, 11) is 0. The highest BCUT2D eigenvalue weighted by atomic mass is 35.5. The van der Waals surface area contributed by atoms with Gasteiger partial charge in [-0.1, -0.05) is 57.2 Å². The second-order valence-electron chi connectivity index (χ2n) is 10.8. The Labute approximate surface area is 198 Å². The smallest absolute Gasteiger partial charge is 0.243 e. The molecule has 0 bridgehead atoms. The second-order valence-corrected chi connectivity index (χ2v) is 11.2. The highest BCUT2D eigenvalue weighted by Crippen LogP contribution is 2.49. The standard InChI is InChI=1S/C27H39ClN2O2/c1-6-24(31)29-18-27(7-2)14-15-30(19(3)16-27)25(32)21-12-13-26(4,5)17-22(21)20-10-8-9-11-23(20)28/h6,8-11,19,21-22H,1,7,12-18H2,2-5H3,(H,29,31)/t19-,21-,22+,27-/m0/s1. The molecule has 32 heavy (non-hydrogen) atoms. The molecule has 4 nitrogen and oxygen atoms in total. The number of piperidine rings is 1. The van der Waals surface area contributed by atoms with Crippen molar-refractivity contribution in [3.8, 4) is 0 Å². The van der Waals surface area contributed by atoms with Gasteiger partial charge in [-0.15, -0.1) is 0 Å². The molecule has 1 heterocycles. The first-order valence-electron chi connectivity index (χ1n) is 12.1. The van der Waals surface area contributed by atoms with Gasteiger partial charge < -0.3 is 10.2 Å². The molecule has 1 aliphatic carbocycles. The maximum atomic E-state index is 13.9. The lowest BCUT2D eigenvalue weighted by molar-refractivity contribution is -0.144. The molecule has 1 aromatic carbocycles. The number of rotatable bonds is 6. The second kappa shape index (κ2) is 9.99. The van der Waals surface area contributed by atoms with E-state index in [0.717, 1.165) is 55.7 Å². The number of nitrogens with zero attached hydrogens (tertiary/aromatic N) is 1. The van der Waals surface area contributed by atoms with Crippen LogP contribution >= 0.6 is 11.6 Å². The zero-order valence-electron chi connectivity index (χ0n) is 20.1. The minimum Gasteiger partial charge on any atom is -0.352 e. The molecule has 0 radical (unpaired) electrons. The first kappa shape index (κ1) is 24.8. The molecular formula is C27H39ClN2O2. The zero-order chi connectivity index (χ0) is 23.5. The molecule has 2 amide bonds. The van der Waals surface area contributed by atoms with E-state index in [1.807, 2.05) is 18.2 Å². The average Bonchev–Trinajstić information content (AvgIpc) is 2.77. The molecule has 2 fully saturated rings. The first-order valence-corrected chi connectivity index (χ1v) is 12.4. The summed E-state index contributed by atoms with van der Waals surface area (Å²) in [6, 6.07) is 8.17. The van der Waals surface area contributed by atoms with E-state index >= 15 is 0 Å². The predicted molar refractivity (Wildman–Crippen MR) is 132 cm³/mol. The van der Waals surface area contributed by atoms with Crippen LogP contribution in [0.15, 0.2) is 36.9 Å². The van der Waals surface area contributed by atoms with E-state index < -0.39 is 0 Å². The minimum absolute atomic E-state index is 0.0278. The minimum atomic E-state index is -0.128. The van der Waals surface area contributed by atoms with Crippen LogP contribution in [0.25, 0.3) is 0 Å². The van der Waals surface area contributed by atoms with Gasteiger partial charge in [0.25, 0.3) is 0 Å². The third-order valence-corrected chi connectivity index (χ3v) is 8.36. The number of carbonyl (C=O) groups excluding carboxylic acids is 2. The number of hydrogen-bond acceptors (Lipinski definition) is 2. The molecule has 176 valence electrons. The zero-order valence-corrected chi connectivity index (χ0v) is 20.9. The van der Waals surface area contributed by atoms with E-state index in [0.29, 0.717) is 6.54 Å². The predicted octanol–water partition coefficient (Wildman–Crippen LogP) is 5.96. The molecular weight excluding hydrogens is 420 g/mol. The normalized spacial score (nSPS) is 29.9. The number of hydrogen-bond donors (Lipinski definition) is 1. The van der Waals surface area contributed by atoms with Crippen LogP contribution < -0.4 is 5.32 Å². The van der Waals surface area contributed by atoms with E-state index in [-0.39, 0.29) is 40.5 Å². The summed E-state index contributed by atoms with van der Waals surface area (Å²) in [6.45, 7) is 13.9. The number of nitrogens with one attached hydrogen (secondary N) is 1. The molecule has 0 spiro atoms. The maximum absolute atomic E-state index is 13.9. The van der Waals surface area contributed by atoms with E-state index in [1.165, 1.54) is 6.08 Å². The molecule has 1 aromatic rings. The molecule has 1 saturated carbocycles. The average molecular weight is 459 g/mol. The molecule has 1 aliphatic heterocycles. The van der Waals surface area contributed by atoms with Gasteiger partial charge in [0.05, 0.1) is 0 Å². The Morgan fingerprint density at radius 2 is 1.97 bits per heavy atom. The van der Waals surface area contributed by atoms with Crippen LogP contribution in [0.2, 0.25) is 5.02 Å². The summed E-state index contributed by atoms with van der Waals surface area (Å²) < 4.78 is 0. The van der Waals surface area contributed by atoms with Crippen LogP contribution in [0.1, 0.15) is 77.7 Å². The van der Waals surface area contributed by atoms with E-state index in [9.17, 15) is 9.59 Å². The highest BCUT2D eigenvalue weighted by molar-refractivity contribution is 6.31. The van der Waals surface area contributed by atoms with Crippen molar-refractivity contribution in [2.45, 2.75) is 78.2 Å². The van der Waals surface area contributed by atoms with Crippen LogP contribution in [0.3, 0.4) is 0 Å². The molecule has 4 atom stereocenters. The molecule has 0 aromatic heterocycles. The van der Waals surface area contributed by atoms with Crippen LogP contribution in [-0.4, -0.2) is 35.8 Å². The van der Waals surface area contributed by atoms with E-state index in [2.05, 4.69) is 50.6 Å². The number of halogens is 1. The summed E-state index contributed by atoms with van der Waals surface area (Å²) in [6.07, 6.45) is 7.05. The highest BCUT2D eigenvalue weighted by Gasteiger charge is 2.45. The van der Waals surface area contributed by atoms with Gasteiger partial charge >= 0.3 is 0 Å².